The van der Waals surface area contributed by atoms with Crippen molar-refractivity contribution in [1.29, 1.82) is 0 Å². The minimum Gasteiger partial charge on any atom is -0.396 e. The maximum absolute atomic E-state index is 12.2. The molecule has 0 aliphatic rings. The first-order valence-corrected chi connectivity index (χ1v) is 8.18. The Kier molecular flexibility index (Phi) is 6.12. The van der Waals surface area contributed by atoms with E-state index in [0.29, 0.717) is 0 Å². The van der Waals surface area contributed by atoms with Crippen LogP contribution in [0.3, 0.4) is 0 Å². The smallest absolute Gasteiger partial charge is 0.238 e. The molecule has 0 unspecified atom stereocenters. The van der Waals surface area contributed by atoms with Crippen LogP contribution in [-0.2, 0) is 4.79 Å². The lowest BCUT2D eigenvalue weighted by atomic mass is 9.81. The zero-order valence-electron chi connectivity index (χ0n) is 14.5. The van der Waals surface area contributed by atoms with E-state index in [1.807, 2.05) is 75.4 Å². The molecule has 0 fully saturated rings. The fraction of sp³-hybridized carbons (Fsp3) is 0.350. The quantitative estimate of drug-likeness (QED) is 0.732. The first-order valence-electron chi connectivity index (χ1n) is 8.18. The zero-order valence-corrected chi connectivity index (χ0v) is 14.5. The Morgan fingerprint density at radius 2 is 1.83 bits per heavy atom. The van der Waals surface area contributed by atoms with Crippen molar-refractivity contribution < 1.29 is 9.90 Å². The zero-order chi connectivity index (χ0) is 17.6. The summed E-state index contributed by atoms with van der Waals surface area (Å²) >= 11 is 0. The van der Waals surface area contributed by atoms with Gasteiger partial charge in [-0.05, 0) is 30.2 Å². The molecule has 0 aliphatic heterocycles. The summed E-state index contributed by atoms with van der Waals surface area (Å²) in [5.41, 5.74) is 2.56. The monoisotopic (exact) mass is 326 g/mol. The highest BCUT2D eigenvalue weighted by atomic mass is 16.3. The lowest BCUT2D eigenvalue weighted by molar-refractivity contribution is -0.115. The van der Waals surface area contributed by atoms with Crippen LogP contribution in [0.4, 0.5) is 5.69 Å². The molecule has 0 heterocycles. The summed E-state index contributed by atoms with van der Waals surface area (Å²) in [4.78, 5) is 12.2. The molecule has 4 heteroatoms. The van der Waals surface area contributed by atoms with Crippen molar-refractivity contribution in [2.75, 3.05) is 18.5 Å². The second kappa shape index (κ2) is 8.08. The van der Waals surface area contributed by atoms with Gasteiger partial charge < -0.3 is 15.7 Å². The first kappa shape index (κ1) is 18.2. The summed E-state index contributed by atoms with van der Waals surface area (Å²) in [6.07, 6.45) is 0. The Morgan fingerprint density at radius 1 is 1.12 bits per heavy atom. The number of nitrogens with one attached hydrogen (secondary N) is 2. The highest BCUT2D eigenvalue weighted by Crippen LogP contribution is 2.32. The fourth-order valence-electron chi connectivity index (χ4n) is 2.70. The summed E-state index contributed by atoms with van der Waals surface area (Å²) < 4.78 is 0. The van der Waals surface area contributed by atoms with Crippen molar-refractivity contribution in [2.45, 2.75) is 26.8 Å². The number of aliphatic hydroxyl groups is 1. The van der Waals surface area contributed by atoms with Crippen LogP contribution in [0.5, 0.6) is 0 Å². The lowest BCUT2D eigenvalue weighted by Crippen LogP contribution is -2.40. The Balaban J connectivity index is 2.04. The molecule has 128 valence electrons. The molecule has 1 atom stereocenters. The van der Waals surface area contributed by atoms with Crippen molar-refractivity contribution in [3.63, 3.8) is 0 Å². The molecule has 3 N–H and O–H groups in total. The normalized spacial score (nSPS) is 12.7. The van der Waals surface area contributed by atoms with Crippen molar-refractivity contribution >= 4 is 11.6 Å². The van der Waals surface area contributed by atoms with Crippen LogP contribution >= 0.6 is 0 Å². The molecule has 4 nitrogen and oxygen atoms in total. The van der Waals surface area contributed by atoms with Crippen LogP contribution in [0.15, 0.2) is 54.6 Å². The van der Waals surface area contributed by atoms with E-state index >= 15 is 0 Å². The van der Waals surface area contributed by atoms with Crippen LogP contribution in [0, 0.1) is 12.3 Å². The molecule has 0 saturated heterocycles. The van der Waals surface area contributed by atoms with Gasteiger partial charge in [0.25, 0.3) is 0 Å². The third kappa shape index (κ3) is 4.91. The number of benzene rings is 2. The molecule has 0 radical (unpaired) electrons. The molecule has 2 rings (SSSR count). The maximum atomic E-state index is 12.2. The van der Waals surface area contributed by atoms with Crippen LogP contribution in [0.25, 0.3) is 0 Å². The van der Waals surface area contributed by atoms with Crippen LogP contribution in [-0.4, -0.2) is 24.2 Å². The van der Waals surface area contributed by atoms with E-state index < -0.39 is 0 Å². The largest absolute Gasteiger partial charge is 0.396 e. The first-order chi connectivity index (χ1) is 11.4. The van der Waals surface area contributed by atoms with Crippen molar-refractivity contribution in [1.82, 2.24) is 5.32 Å². The fourth-order valence-corrected chi connectivity index (χ4v) is 2.70. The molecule has 0 spiro atoms. The van der Waals surface area contributed by atoms with Gasteiger partial charge in [-0.3, -0.25) is 4.79 Å². The molecule has 1 amide bonds. The minimum atomic E-state index is -0.384. The summed E-state index contributed by atoms with van der Waals surface area (Å²) in [5.74, 6) is -0.102. The van der Waals surface area contributed by atoms with E-state index in [2.05, 4.69) is 10.6 Å². The molecule has 2 aromatic carbocycles. The van der Waals surface area contributed by atoms with Gasteiger partial charge in [-0.25, -0.2) is 0 Å². The number of aliphatic hydroxyl groups excluding tert-OH is 1. The van der Waals surface area contributed by atoms with Crippen LogP contribution in [0.2, 0.25) is 0 Å². The number of rotatable bonds is 7. The highest BCUT2D eigenvalue weighted by molar-refractivity contribution is 5.92. The second-order valence-electron chi connectivity index (χ2n) is 6.79. The SMILES string of the molecule is Cc1cccc(NC(=O)CN[C@@H](c2ccccc2)C(C)(C)CO)c1. The average molecular weight is 326 g/mol. The van der Waals surface area contributed by atoms with Gasteiger partial charge >= 0.3 is 0 Å². The predicted molar refractivity (Wildman–Crippen MR) is 97.9 cm³/mol. The molecular weight excluding hydrogens is 300 g/mol. The van der Waals surface area contributed by atoms with Gasteiger partial charge in [0.1, 0.15) is 0 Å². The molecule has 0 saturated carbocycles. The van der Waals surface area contributed by atoms with E-state index in [9.17, 15) is 9.90 Å². The third-order valence-corrected chi connectivity index (χ3v) is 4.09. The Bertz CT molecular complexity index is 668. The molecule has 0 aromatic heterocycles. The number of amides is 1. The summed E-state index contributed by atoms with van der Waals surface area (Å²) in [7, 11) is 0. The van der Waals surface area contributed by atoms with Gasteiger partial charge in [0.05, 0.1) is 6.54 Å². The summed E-state index contributed by atoms with van der Waals surface area (Å²) in [6, 6.07) is 17.5. The topological polar surface area (TPSA) is 61.4 Å². The number of hydrogen-bond acceptors (Lipinski definition) is 3. The Labute approximate surface area is 143 Å². The van der Waals surface area contributed by atoms with Crippen LogP contribution < -0.4 is 10.6 Å². The summed E-state index contributed by atoms with van der Waals surface area (Å²) in [5, 5.41) is 15.9. The molecular formula is C20H26N2O2. The van der Waals surface area contributed by atoms with Crippen molar-refractivity contribution in [3.8, 4) is 0 Å². The van der Waals surface area contributed by atoms with E-state index in [4.69, 9.17) is 0 Å². The third-order valence-electron chi connectivity index (χ3n) is 4.09. The number of carbonyl (C=O) groups excluding carboxylic acids is 1. The van der Waals surface area contributed by atoms with E-state index in [-0.39, 0.29) is 30.5 Å². The number of carbonyl (C=O) groups is 1. The van der Waals surface area contributed by atoms with Crippen molar-refractivity contribution in [2.24, 2.45) is 5.41 Å². The summed E-state index contributed by atoms with van der Waals surface area (Å²) in [6.45, 7) is 6.16. The van der Waals surface area contributed by atoms with Crippen molar-refractivity contribution in [3.05, 3.63) is 65.7 Å². The number of anilines is 1. The van der Waals surface area contributed by atoms with E-state index in [1.54, 1.807) is 0 Å². The Hall–Kier alpha value is -2.17. The van der Waals surface area contributed by atoms with Gasteiger partial charge in [0.2, 0.25) is 5.91 Å². The van der Waals surface area contributed by atoms with E-state index in [0.717, 1.165) is 16.8 Å². The predicted octanol–water partition coefficient (Wildman–Crippen LogP) is 3.28. The van der Waals surface area contributed by atoms with Gasteiger partial charge in [-0.2, -0.15) is 0 Å². The molecule has 0 bridgehead atoms. The van der Waals surface area contributed by atoms with E-state index in [1.165, 1.54) is 0 Å². The second-order valence-corrected chi connectivity index (χ2v) is 6.79. The number of aryl methyl sites for hydroxylation is 1. The maximum Gasteiger partial charge on any atom is 0.238 e. The van der Waals surface area contributed by atoms with Crippen LogP contribution in [0.1, 0.15) is 31.0 Å². The minimum absolute atomic E-state index is 0.0268. The van der Waals surface area contributed by atoms with Gasteiger partial charge in [0.15, 0.2) is 0 Å². The molecule has 2 aromatic rings. The standard InChI is InChI=1S/C20H26N2O2/c1-15-8-7-11-17(12-15)22-18(24)13-21-19(20(2,3)14-23)16-9-5-4-6-10-16/h4-12,19,21,23H,13-14H2,1-3H3,(H,22,24)/t19-/m0/s1. The average Bonchev–Trinajstić information content (AvgIpc) is 2.56. The molecule has 0 aliphatic carbocycles. The lowest BCUT2D eigenvalue weighted by Gasteiger charge is -2.33. The van der Waals surface area contributed by atoms with Gasteiger partial charge in [-0.15, -0.1) is 0 Å². The molecule has 24 heavy (non-hydrogen) atoms. The van der Waals surface area contributed by atoms with Gasteiger partial charge in [0, 0.05) is 23.8 Å². The Morgan fingerprint density at radius 3 is 2.46 bits per heavy atom. The number of hydrogen-bond donors (Lipinski definition) is 3. The van der Waals surface area contributed by atoms with Gasteiger partial charge in [-0.1, -0.05) is 56.3 Å². The highest BCUT2D eigenvalue weighted by Gasteiger charge is 2.30.